The highest BCUT2D eigenvalue weighted by Crippen LogP contribution is 2.27. The maximum Gasteiger partial charge on any atom is 0.135 e. The lowest BCUT2D eigenvalue weighted by Gasteiger charge is -2.26. The third-order valence-electron chi connectivity index (χ3n) is 3.34. The van der Waals surface area contributed by atoms with Crippen molar-refractivity contribution in [3.63, 3.8) is 0 Å². The van der Waals surface area contributed by atoms with Gasteiger partial charge >= 0.3 is 0 Å². The van der Waals surface area contributed by atoms with Gasteiger partial charge < -0.3 is 5.32 Å². The minimum atomic E-state index is -0.566. The summed E-state index contributed by atoms with van der Waals surface area (Å²) in [5, 5.41) is 5.90. The summed E-state index contributed by atoms with van der Waals surface area (Å²) in [6.07, 6.45) is 0. The SMILES string of the molecule is Fc1cccc(F)c1-c1csc(CN2CCNCC2)n1. The molecule has 0 unspecified atom stereocenters. The van der Waals surface area contributed by atoms with E-state index >= 15 is 0 Å². The molecule has 1 aromatic heterocycles. The summed E-state index contributed by atoms with van der Waals surface area (Å²) >= 11 is 1.45. The van der Waals surface area contributed by atoms with E-state index in [4.69, 9.17) is 0 Å². The van der Waals surface area contributed by atoms with Gasteiger partial charge in [0.25, 0.3) is 0 Å². The van der Waals surface area contributed by atoms with Crippen molar-refractivity contribution in [3.05, 3.63) is 40.2 Å². The van der Waals surface area contributed by atoms with Gasteiger partial charge in [-0.15, -0.1) is 11.3 Å². The number of nitrogens with zero attached hydrogens (tertiary/aromatic N) is 2. The summed E-state index contributed by atoms with van der Waals surface area (Å²) in [6.45, 7) is 4.63. The van der Waals surface area contributed by atoms with Crippen molar-refractivity contribution in [1.29, 1.82) is 0 Å². The molecule has 106 valence electrons. The molecule has 1 aliphatic rings. The first-order valence-electron chi connectivity index (χ1n) is 6.56. The fourth-order valence-electron chi connectivity index (χ4n) is 2.30. The van der Waals surface area contributed by atoms with Gasteiger partial charge in [-0.2, -0.15) is 0 Å². The molecule has 0 saturated carbocycles. The second kappa shape index (κ2) is 5.95. The normalized spacial score (nSPS) is 16.5. The quantitative estimate of drug-likeness (QED) is 0.943. The Labute approximate surface area is 120 Å². The van der Waals surface area contributed by atoms with Crippen LogP contribution in [0.25, 0.3) is 11.3 Å². The molecular formula is C14H15F2N3S. The molecule has 1 N–H and O–H groups in total. The van der Waals surface area contributed by atoms with Gasteiger partial charge in [-0.25, -0.2) is 13.8 Å². The molecule has 0 amide bonds. The topological polar surface area (TPSA) is 28.2 Å². The van der Waals surface area contributed by atoms with E-state index in [2.05, 4.69) is 15.2 Å². The van der Waals surface area contributed by atoms with Crippen molar-refractivity contribution in [1.82, 2.24) is 15.2 Å². The number of nitrogens with one attached hydrogen (secondary N) is 1. The fourth-order valence-corrected chi connectivity index (χ4v) is 3.13. The van der Waals surface area contributed by atoms with Crippen molar-refractivity contribution >= 4 is 11.3 Å². The molecule has 0 spiro atoms. The summed E-state index contributed by atoms with van der Waals surface area (Å²) in [5.41, 5.74) is 0.353. The number of halogens is 2. The third kappa shape index (κ3) is 2.87. The van der Waals surface area contributed by atoms with E-state index in [9.17, 15) is 8.78 Å². The number of rotatable bonds is 3. The summed E-state index contributed by atoms with van der Waals surface area (Å²) in [5.74, 6) is -1.13. The number of hydrogen-bond acceptors (Lipinski definition) is 4. The monoisotopic (exact) mass is 295 g/mol. The first kappa shape index (κ1) is 13.6. The second-order valence-electron chi connectivity index (χ2n) is 4.75. The number of piperazine rings is 1. The predicted octanol–water partition coefficient (Wildman–Crippen LogP) is 2.49. The molecule has 20 heavy (non-hydrogen) atoms. The molecule has 3 rings (SSSR count). The number of benzene rings is 1. The Bertz CT molecular complexity index is 574. The first-order chi connectivity index (χ1) is 9.74. The highest BCUT2D eigenvalue weighted by molar-refractivity contribution is 7.09. The van der Waals surface area contributed by atoms with Gasteiger partial charge in [0.05, 0.1) is 17.8 Å². The predicted molar refractivity (Wildman–Crippen MR) is 75.6 cm³/mol. The summed E-state index contributed by atoms with van der Waals surface area (Å²) < 4.78 is 27.4. The van der Waals surface area contributed by atoms with Gasteiger partial charge in [-0.1, -0.05) is 6.07 Å². The van der Waals surface area contributed by atoms with Gasteiger partial charge in [-0.3, -0.25) is 4.90 Å². The summed E-state index contributed by atoms with van der Waals surface area (Å²) in [4.78, 5) is 6.66. The Morgan fingerprint density at radius 1 is 1.20 bits per heavy atom. The maximum atomic E-state index is 13.7. The van der Waals surface area contributed by atoms with Gasteiger partial charge in [-0.05, 0) is 12.1 Å². The van der Waals surface area contributed by atoms with E-state index in [0.717, 1.165) is 37.7 Å². The van der Waals surface area contributed by atoms with Crippen LogP contribution in [0.2, 0.25) is 0 Å². The van der Waals surface area contributed by atoms with E-state index in [0.29, 0.717) is 5.69 Å². The molecule has 3 nitrogen and oxygen atoms in total. The molecule has 1 fully saturated rings. The molecule has 2 aromatic rings. The molecule has 1 saturated heterocycles. The van der Waals surface area contributed by atoms with E-state index in [1.54, 1.807) is 5.38 Å². The van der Waals surface area contributed by atoms with Crippen LogP contribution in [0, 0.1) is 11.6 Å². The van der Waals surface area contributed by atoms with Crippen molar-refractivity contribution < 1.29 is 8.78 Å². The van der Waals surface area contributed by atoms with E-state index in [1.807, 2.05) is 0 Å². The fraction of sp³-hybridized carbons (Fsp3) is 0.357. The van der Waals surface area contributed by atoms with E-state index in [-0.39, 0.29) is 5.56 Å². The minimum Gasteiger partial charge on any atom is -0.314 e. The van der Waals surface area contributed by atoms with E-state index < -0.39 is 11.6 Å². The van der Waals surface area contributed by atoms with E-state index in [1.165, 1.54) is 29.5 Å². The van der Waals surface area contributed by atoms with Gasteiger partial charge in [0, 0.05) is 31.6 Å². The molecular weight excluding hydrogens is 280 g/mol. The Morgan fingerprint density at radius 2 is 1.90 bits per heavy atom. The van der Waals surface area contributed by atoms with Crippen LogP contribution >= 0.6 is 11.3 Å². The van der Waals surface area contributed by atoms with Crippen LogP contribution in [0.3, 0.4) is 0 Å². The van der Waals surface area contributed by atoms with Crippen molar-refractivity contribution in [3.8, 4) is 11.3 Å². The average Bonchev–Trinajstić information content (AvgIpc) is 2.88. The molecule has 2 heterocycles. The van der Waals surface area contributed by atoms with Crippen LogP contribution in [0.5, 0.6) is 0 Å². The summed E-state index contributed by atoms with van der Waals surface area (Å²) in [6, 6.07) is 3.88. The van der Waals surface area contributed by atoms with Crippen LogP contribution in [0.1, 0.15) is 5.01 Å². The van der Waals surface area contributed by atoms with Crippen LogP contribution in [-0.2, 0) is 6.54 Å². The van der Waals surface area contributed by atoms with Crippen molar-refractivity contribution in [2.24, 2.45) is 0 Å². The average molecular weight is 295 g/mol. The molecule has 1 aromatic carbocycles. The molecule has 0 atom stereocenters. The molecule has 1 aliphatic heterocycles. The molecule has 0 radical (unpaired) electrons. The van der Waals surface area contributed by atoms with Gasteiger partial charge in [0.2, 0.25) is 0 Å². The Hall–Kier alpha value is -1.37. The number of thiazole rings is 1. The number of aromatic nitrogens is 1. The van der Waals surface area contributed by atoms with Crippen LogP contribution in [0.4, 0.5) is 8.78 Å². The lowest BCUT2D eigenvalue weighted by molar-refractivity contribution is 0.233. The zero-order valence-electron chi connectivity index (χ0n) is 10.9. The maximum absolute atomic E-state index is 13.7. The zero-order chi connectivity index (χ0) is 13.9. The zero-order valence-corrected chi connectivity index (χ0v) is 11.7. The third-order valence-corrected chi connectivity index (χ3v) is 4.17. The smallest absolute Gasteiger partial charge is 0.135 e. The van der Waals surface area contributed by atoms with Crippen molar-refractivity contribution in [2.75, 3.05) is 26.2 Å². The Kier molecular flexibility index (Phi) is 4.05. The Morgan fingerprint density at radius 3 is 2.60 bits per heavy atom. The van der Waals surface area contributed by atoms with Gasteiger partial charge in [0.1, 0.15) is 16.6 Å². The molecule has 6 heteroatoms. The van der Waals surface area contributed by atoms with Gasteiger partial charge in [0.15, 0.2) is 0 Å². The van der Waals surface area contributed by atoms with Crippen LogP contribution < -0.4 is 5.32 Å². The highest BCUT2D eigenvalue weighted by Gasteiger charge is 2.16. The second-order valence-corrected chi connectivity index (χ2v) is 5.69. The Balaban J connectivity index is 1.79. The molecule has 0 aliphatic carbocycles. The minimum absolute atomic E-state index is 0.0321. The molecule has 0 bridgehead atoms. The van der Waals surface area contributed by atoms with Crippen LogP contribution in [-0.4, -0.2) is 36.1 Å². The number of hydrogen-bond donors (Lipinski definition) is 1. The lowest BCUT2D eigenvalue weighted by Crippen LogP contribution is -2.42. The highest BCUT2D eigenvalue weighted by atomic mass is 32.1. The first-order valence-corrected chi connectivity index (χ1v) is 7.44. The standard InChI is InChI=1S/C14H15F2N3S/c15-10-2-1-3-11(16)14(10)12-9-20-13(18-12)8-19-6-4-17-5-7-19/h1-3,9,17H,4-8H2. The van der Waals surface area contributed by atoms with Crippen LogP contribution in [0.15, 0.2) is 23.6 Å². The van der Waals surface area contributed by atoms with Crippen molar-refractivity contribution in [2.45, 2.75) is 6.54 Å². The summed E-state index contributed by atoms with van der Waals surface area (Å²) in [7, 11) is 0. The largest absolute Gasteiger partial charge is 0.314 e. The lowest BCUT2D eigenvalue weighted by atomic mass is 10.1.